The van der Waals surface area contributed by atoms with Gasteiger partial charge >= 0.3 is 5.97 Å². The van der Waals surface area contributed by atoms with Crippen LogP contribution in [-0.4, -0.2) is 36.8 Å². The Balaban J connectivity index is 1.53. The summed E-state index contributed by atoms with van der Waals surface area (Å²) in [5, 5.41) is 0.738. The maximum absolute atomic E-state index is 12.8. The number of rotatable bonds is 6. The summed E-state index contributed by atoms with van der Waals surface area (Å²) in [7, 11) is 0. The Morgan fingerprint density at radius 1 is 1.27 bits per heavy atom. The molecular weight excluding hydrogens is 464 g/mol. The predicted octanol–water partition coefficient (Wildman–Crippen LogP) is 6.22. The molecule has 1 aromatic carbocycles. The van der Waals surface area contributed by atoms with Crippen molar-refractivity contribution in [2.24, 2.45) is 11.3 Å². The Labute approximate surface area is 192 Å². The second kappa shape index (κ2) is 8.97. The molecule has 0 N–H and O–H groups in total. The number of carbonyl (C=O) groups excluding carboxylic acids is 1. The van der Waals surface area contributed by atoms with Crippen LogP contribution < -0.4 is 0 Å². The summed E-state index contributed by atoms with van der Waals surface area (Å²) >= 11 is 5.61. The first kappa shape index (κ1) is 22.4. The summed E-state index contributed by atoms with van der Waals surface area (Å²) in [5.74, 6) is -0.536. The van der Waals surface area contributed by atoms with Gasteiger partial charge in [0.05, 0.1) is 25.4 Å². The molecule has 2 saturated carbocycles. The van der Waals surface area contributed by atoms with Gasteiger partial charge in [-0.25, -0.2) is 4.79 Å². The number of hydrogen-bond donors (Lipinski definition) is 0. The van der Waals surface area contributed by atoms with E-state index in [1.165, 1.54) is 17.7 Å². The lowest BCUT2D eigenvalue weighted by Crippen LogP contribution is -2.46. The Morgan fingerprint density at radius 3 is 2.63 bits per heavy atom. The molecular formula is C24H31BrO4S. The number of ether oxygens (including phenoxy) is 3. The first-order valence-corrected chi connectivity index (χ1v) is 12.6. The summed E-state index contributed by atoms with van der Waals surface area (Å²) in [6.45, 7) is 7.95. The smallest absolute Gasteiger partial charge is 0.338 e. The molecule has 1 heterocycles. The van der Waals surface area contributed by atoms with Crippen LogP contribution in [0.2, 0.25) is 0 Å². The van der Waals surface area contributed by atoms with Gasteiger partial charge in [-0.1, -0.05) is 26.0 Å². The fourth-order valence-electron chi connectivity index (χ4n) is 4.01. The lowest BCUT2D eigenvalue weighted by molar-refractivity contribution is -0.295. The van der Waals surface area contributed by atoms with Crippen molar-refractivity contribution in [3.8, 4) is 0 Å². The highest BCUT2D eigenvalue weighted by atomic mass is 79.9. The third-order valence-corrected chi connectivity index (χ3v) is 8.21. The predicted molar refractivity (Wildman–Crippen MR) is 123 cm³/mol. The molecule has 1 saturated heterocycles. The minimum absolute atomic E-state index is 0.0573. The number of allylic oxidation sites excluding steroid dienone is 1. The van der Waals surface area contributed by atoms with Gasteiger partial charge in [0.15, 0.2) is 5.79 Å². The summed E-state index contributed by atoms with van der Waals surface area (Å²) in [4.78, 5) is 14.0. The summed E-state index contributed by atoms with van der Waals surface area (Å²) in [6.07, 6.45) is 7.24. The minimum Gasteiger partial charge on any atom is -0.462 e. The maximum atomic E-state index is 12.8. The summed E-state index contributed by atoms with van der Waals surface area (Å²) < 4.78 is 18.8. The normalized spacial score (nSPS) is 25.5. The third kappa shape index (κ3) is 5.32. The molecule has 4 rings (SSSR count). The summed E-state index contributed by atoms with van der Waals surface area (Å²) in [6, 6.07) is 6.20. The number of benzene rings is 1. The first-order valence-electron chi connectivity index (χ1n) is 10.9. The highest BCUT2D eigenvalue weighted by molar-refractivity contribution is 9.10. The van der Waals surface area contributed by atoms with E-state index in [0.717, 1.165) is 34.5 Å². The van der Waals surface area contributed by atoms with Crippen LogP contribution in [0, 0.1) is 11.3 Å². The number of carbonyl (C=O) groups is 1. The molecule has 0 radical (unpaired) electrons. The van der Waals surface area contributed by atoms with Crippen molar-refractivity contribution >= 4 is 39.2 Å². The first-order chi connectivity index (χ1) is 14.3. The van der Waals surface area contributed by atoms with E-state index < -0.39 is 5.79 Å². The SMILES string of the molecule is CCOC(=O)/C(=C/C1CCC2(C1)OCC(C)(C)CO2)c1ccc(SC2CC2)c(Br)c1. The number of esters is 1. The van der Waals surface area contributed by atoms with Crippen LogP contribution in [0.25, 0.3) is 5.57 Å². The molecule has 0 aromatic heterocycles. The highest BCUT2D eigenvalue weighted by Crippen LogP contribution is 2.45. The molecule has 3 aliphatic rings. The Kier molecular flexibility index (Phi) is 6.69. The number of halogens is 1. The van der Waals surface area contributed by atoms with Crippen molar-refractivity contribution in [3.05, 3.63) is 34.3 Å². The second-order valence-corrected chi connectivity index (χ2v) is 11.6. The molecule has 0 amide bonds. The lowest BCUT2D eigenvalue weighted by atomic mass is 9.94. The van der Waals surface area contributed by atoms with Crippen LogP contribution in [0.15, 0.2) is 33.6 Å². The van der Waals surface area contributed by atoms with Gasteiger partial charge in [-0.2, -0.15) is 0 Å². The fraction of sp³-hybridized carbons (Fsp3) is 0.625. The second-order valence-electron chi connectivity index (χ2n) is 9.42. The molecule has 1 unspecified atom stereocenters. The zero-order valence-corrected chi connectivity index (χ0v) is 20.4. The van der Waals surface area contributed by atoms with Gasteiger partial charge in [0.1, 0.15) is 0 Å². The quantitative estimate of drug-likeness (QED) is 0.346. The molecule has 4 nitrogen and oxygen atoms in total. The average Bonchev–Trinajstić information content (AvgIpc) is 3.44. The van der Waals surface area contributed by atoms with Gasteiger partial charge in [0.2, 0.25) is 0 Å². The van der Waals surface area contributed by atoms with Gasteiger partial charge in [-0.05, 0) is 65.7 Å². The molecule has 30 heavy (non-hydrogen) atoms. The van der Waals surface area contributed by atoms with Crippen LogP contribution in [0.3, 0.4) is 0 Å². The Morgan fingerprint density at radius 2 is 2.00 bits per heavy atom. The molecule has 1 spiro atoms. The standard InChI is InChI=1S/C24H31BrO4S/c1-4-27-22(26)19(17-5-8-21(20(25)12-17)30-18-6-7-18)11-16-9-10-24(13-16)28-14-23(2,3)15-29-24/h5,8,11-12,16,18H,4,6-7,9-10,13-15H2,1-3H3/b19-11+. The van der Waals surface area contributed by atoms with E-state index in [1.54, 1.807) is 0 Å². The monoisotopic (exact) mass is 494 g/mol. The van der Waals surface area contributed by atoms with E-state index in [2.05, 4.69) is 41.9 Å². The van der Waals surface area contributed by atoms with Crippen LogP contribution >= 0.6 is 27.7 Å². The van der Waals surface area contributed by atoms with Crippen molar-refractivity contribution in [1.29, 1.82) is 0 Å². The number of hydrogen-bond acceptors (Lipinski definition) is 5. The fourth-order valence-corrected chi connectivity index (χ4v) is 5.71. The van der Waals surface area contributed by atoms with Gasteiger partial charge in [-0.15, -0.1) is 11.8 Å². The molecule has 1 aromatic rings. The molecule has 6 heteroatoms. The van der Waals surface area contributed by atoms with E-state index in [9.17, 15) is 4.79 Å². The van der Waals surface area contributed by atoms with Crippen molar-refractivity contribution in [2.75, 3.05) is 19.8 Å². The van der Waals surface area contributed by atoms with Gasteiger partial charge in [0, 0.05) is 32.9 Å². The van der Waals surface area contributed by atoms with E-state index in [0.29, 0.717) is 25.4 Å². The van der Waals surface area contributed by atoms with Crippen molar-refractivity contribution in [2.45, 2.75) is 68.8 Å². The lowest BCUT2D eigenvalue weighted by Gasteiger charge is -2.41. The molecule has 1 atom stereocenters. The topological polar surface area (TPSA) is 44.8 Å². The van der Waals surface area contributed by atoms with Crippen LogP contribution in [0.5, 0.6) is 0 Å². The maximum Gasteiger partial charge on any atom is 0.338 e. The van der Waals surface area contributed by atoms with E-state index in [4.69, 9.17) is 14.2 Å². The molecule has 1 aliphatic heterocycles. The molecule has 2 aliphatic carbocycles. The van der Waals surface area contributed by atoms with Crippen LogP contribution in [0.4, 0.5) is 0 Å². The molecule has 3 fully saturated rings. The number of thioether (sulfide) groups is 1. The summed E-state index contributed by atoms with van der Waals surface area (Å²) in [5.41, 5.74) is 1.59. The van der Waals surface area contributed by atoms with Crippen molar-refractivity contribution in [1.82, 2.24) is 0 Å². The minimum atomic E-state index is -0.498. The zero-order valence-electron chi connectivity index (χ0n) is 18.0. The molecule has 0 bridgehead atoms. The van der Waals surface area contributed by atoms with Crippen LogP contribution in [0.1, 0.15) is 58.4 Å². The third-order valence-electron chi connectivity index (χ3n) is 5.88. The average molecular weight is 495 g/mol. The van der Waals surface area contributed by atoms with Gasteiger partial charge in [-0.3, -0.25) is 0 Å². The van der Waals surface area contributed by atoms with Gasteiger partial charge in [0.25, 0.3) is 0 Å². The van der Waals surface area contributed by atoms with E-state index >= 15 is 0 Å². The van der Waals surface area contributed by atoms with Gasteiger partial charge < -0.3 is 14.2 Å². The highest BCUT2D eigenvalue weighted by Gasteiger charge is 2.45. The zero-order chi connectivity index (χ0) is 21.4. The van der Waals surface area contributed by atoms with E-state index in [1.807, 2.05) is 30.8 Å². The van der Waals surface area contributed by atoms with Crippen molar-refractivity contribution in [3.63, 3.8) is 0 Å². The van der Waals surface area contributed by atoms with Crippen LogP contribution in [-0.2, 0) is 19.0 Å². The van der Waals surface area contributed by atoms with Crippen molar-refractivity contribution < 1.29 is 19.0 Å². The largest absolute Gasteiger partial charge is 0.462 e. The Bertz CT molecular complexity index is 820. The Hall–Kier alpha value is -0.820. The molecule has 164 valence electrons. The van der Waals surface area contributed by atoms with E-state index in [-0.39, 0.29) is 17.3 Å².